The van der Waals surface area contributed by atoms with E-state index in [0.717, 1.165) is 16.1 Å². The first kappa shape index (κ1) is 11.0. The number of rotatable bonds is 3. The van der Waals surface area contributed by atoms with Crippen molar-refractivity contribution in [2.75, 3.05) is 11.1 Å². The summed E-state index contributed by atoms with van der Waals surface area (Å²) in [7, 11) is 0. The maximum absolute atomic E-state index is 5.61. The Morgan fingerprint density at radius 2 is 2.38 bits per heavy atom. The van der Waals surface area contributed by atoms with Gasteiger partial charge in [-0.1, -0.05) is 0 Å². The van der Waals surface area contributed by atoms with Crippen LogP contribution in [0, 0.1) is 0 Å². The predicted octanol–water partition coefficient (Wildman–Crippen LogP) is 3.19. The second kappa shape index (κ2) is 4.57. The topological polar surface area (TPSA) is 64.1 Å². The van der Waals surface area contributed by atoms with Gasteiger partial charge in [0.1, 0.15) is 11.6 Å². The Balaban J connectivity index is 2.15. The van der Waals surface area contributed by atoms with Gasteiger partial charge in [0, 0.05) is 0 Å². The third-order valence-electron chi connectivity index (χ3n) is 2.19. The van der Waals surface area contributed by atoms with Gasteiger partial charge in [-0.2, -0.15) is 0 Å². The number of nitrogen functional groups attached to an aromatic ring is 1. The van der Waals surface area contributed by atoms with E-state index >= 15 is 0 Å². The molecule has 2 aromatic heterocycles. The van der Waals surface area contributed by atoms with Crippen molar-refractivity contribution in [3.63, 3.8) is 0 Å². The third kappa shape index (κ3) is 2.36. The Hall–Kier alpha value is -1.49. The molecule has 4 nitrogen and oxygen atoms in total. The van der Waals surface area contributed by atoms with Gasteiger partial charge in [-0.3, -0.25) is 0 Å². The minimum Gasteiger partial charge on any atom is -0.467 e. The van der Waals surface area contributed by atoms with Gasteiger partial charge in [-0.15, -0.1) is 0 Å². The number of aromatic nitrogens is 1. The van der Waals surface area contributed by atoms with Crippen molar-refractivity contribution in [1.29, 1.82) is 0 Å². The van der Waals surface area contributed by atoms with Gasteiger partial charge in [-0.05, 0) is 41.1 Å². The van der Waals surface area contributed by atoms with Gasteiger partial charge in [0.05, 0.1) is 28.7 Å². The monoisotopic (exact) mass is 281 g/mol. The Bertz CT molecular complexity index is 470. The Morgan fingerprint density at radius 1 is 1.56 bits per heavy atom. The molecule has 0 bridgehead atoms. The molecule has 0 aliphatic heterocycles. The minimum absolute atomic E-state index is 0.0578. The Morgan fingerprint density at radius 3 is 3.00 bits per heavy atom. The second-order valence-electron chi connectivity index (χ2n) is 3.48. The summed E-state index contributed by atoms with van der Waals surface area (Å²) in [5, 5.41) is 3.23. The van der Waals surface area contributed by atoms with E-state index in [1.807, 2.05) is 25.1 Å². The quantitative estimate of drug-likeness (QED) is 0.907. The van der Waals surface area contributed by atoms with E-state index in [9.17, 15) is 0 Å². The zero-order valence-electron chi connectivity index (χ0n) is 8.77. The van der Waals surface area contributed by atoms with Gasteiger partial charge >= 0.3 is 0 Å². The average molecular weight is 282 g/mol. The molecule has 0 aliphatic carbocycles. The van der Waals surface area contributed by atoms with Crippen molar-refractivity contribution in [2.24, 2.45) is 0 Å². The summed E-state index contributed by atoms with van der Waals surface area (Å²) < 4.78 is 6.14. The first-order chi connectivity index (χ1) is 7.66. The molecule has 0 saturated carbocycles. The largest absolute Gasteiger partial charge is 0.467 e. The molecular weight excluding hydrogens is 270 g/mol. The molecule has 0 saturated heterocycles. The molecule has 2 rings (SSSR count). The van der Waals surface area contributed by atoms with E-state index in [0.29, 0.717) is 5.69 Å². The smallest absolute Gasteiger partial charge is 0.141 e. The molecule has 0 fully saturated rings. The fourth-order valence-corrected chi connectivity index (χ4v) is 1.85. The standard InChI is InChI=1S/C11H12BrN3O/c1-7(10-3-2-4-16-10)15-11-9(12)5-8(13)6-14-11/h2-7H,13H2,1H3,(H,14,15). The molecular formula is C11H12BrN3O. The van der Waals surface area contributed by atoms with Gasteiger partial charge in [0.15, 0.2) is 0 Å². The first-order valence-corrected chi connectivity index (χ1v) is 5.67. The van der Waals surface area contributed by atoms with E-state index in [2.05, 4.69) is 26.2 Å². The van der Waals surface area contributed by atoms with E-state index < -0.39 is 0 Å². The van der Waals surface area contributed by atoms with Crippen molar-refractivity contribution < 1.29 is 4.42 Å². The van der Waals surface area contributed by atoms with Crippen LogP contribution < -0.4 is 11.1 Å². The van der Waals surface area contributed by atoms with Crippen LogP contribution in [-0.4, -0.2) is 4.98 Å². The minimum atomic E-state index is 0.0578. The third-order valence-corrected chi connectivity index (χ3v) is 2.79. The van der Waals surface area contributed by atoms with E-state index in [-0.39, 0.29) is 6.04 Å². The van der Waals surface area contributed by atoms with Crippen LogP contribution in [0.5, 0.6) is 0 Å². The van der Waals surface area contributed by atoms with Gasteiger partial charge < -0.3 is 15.5 Å². The van der Waals surface area contributed by atoms with Crippen molar-refractivity contribution in [2.45, 2.75) is 13.0 Å². The van der Waals surface area contributed by atoms with Crippen LogP contribution in [0.1, 0.15) is 18.7 Å². The molecule has 0 amide bonds. The molecule has 1 atom stereocenters. The Kier molecular flexibility index (Phi) is 3.14. The molecule has 0 aromatic carbocycles. The molecule has 2 heterocycles. The molecule has 5 heteroatoms. The van der Waals surface area contributed by atoms with Crippen LogP contribution in [0.4, 0.5) is 11.5 Å². The number of pyridine rings is 1. The van der Waals surface area contributed by atoms with Crippen LogP contribution in [-0.2, 0) is 0 Å². The molecule has 16 heavy (non-hydrogen) atoms. The number of halogens is 1. The summed E-state index contributed by atoms with van der Waals surface area (Å²) >= 11 is 3.40. The lowest BCUT2D eigenvalue weighted by atomic mass is 10.2. The van der Waals surface area contributed by atoms with Crippen molar-refractivity contribution >= 4 is 27.4 Å². The predicted molar refractivity (Wildman–Crippen MR) is 67.1 cm³/mol. The summed E-state index contributed by atoms with van der Waals surface area (Å²) in [6.07, 6.45) is 3.26. The average Bonchev–Trinajstić information content (AvgIpc) is 2.75. The summed E-state index contributed by atoms with van der Waals surface area (Å²) in [5.74, 6) is 1.61. The van der Waals surface area contributed by atoms with E-state index in [1.165, 1.54) is 0 Å². The molecule has 0 radical (unpaired) electrons. The number of nitrogens with zero attached hydrogens (tertiary/aromatic N) is 1. The highest BCUT2D eigenvalue weighted by Crippen LogP contribution is 2.25. The molecule has 0 aliphatic rings. The number of nitrogens with two attached hydrogens (primary N) is 1. The summed E-state index contributed by atoms with van der Waals surface area (Å²) in [4.78, 5) is 4.20. The molecule has 3 N–H and O–H groups in total. The number of hydrogen-bond donors (Lipinski definition) is 2. The number of nitrogens with one attached hydrogen (secondary N) is 1. The van der Waals surface area contributed by atoms with Gasteiger partial charge in [0.2, 0.25) is 0 Å². The van der Waals surface area contributed by atoms with E-state index in [4.69, 9.17) is 10.2 Å². The molecule has 2 aromatic rings. The van der Waals surface area contributed by atoms with Crippen molar-refractivity contribution in [1.82, 2.24) is 4.98 Å². The summed E-state index contributed by atoms with van der Waals surface area (Å²) in [5.41, 5.74) is 6.24. The van der Waals surface area contributed by atoms with E-state index in [1.54, 1.807) is 12.5 Å². The highest BCUT2D eigenvalue weighted by atomic mass is 79.9. The Labute approximate surface area is 102 Å². The second-order valence-corrected chi connectivity index (χ2v) is 4.33. The number of furan rings is 1. The molecule has 0 spiro atoms. The normalized spacial score (nSPS) is 12.4. The van der Waals surface area contributed by atoms with Crippen LogP contribution in [0.2, 0.25) is 0 Å². The zero-order chi connectivity index (χ0) is 11.5. The van der Waals surface area contributed by atoms with Gasteiger partial charge in [0.25, 0.3) is 0 Å². The maximum Gasteiger partial charge on any atom is 0.141 e. The lowest BCUT2D eigenvalue weighted by molar-refractivity contribution is 0.490. The summed E-state index contributed by atoms with van der Waals surface area (Å²) in [6.45, 7) is 2.00. The van der Waals surface area contributed by atoms with Crippen LogP contribution in [0.25, 0.3) is 0 Å². The lowest BCUT2D eigenvalue weighted by Gasteiger charge is -2.13. The highest BCUT2D eigenvalue weighted by molar-refractivity contribution is 9.10. The fourth-order valence-electron chi connectivity index (χ4n) is 1.37. The highest BCUT2D eigenvalue weighted by Gasteiger charge is 2.10. The summed E-state index contributed by atoms with van der Waals surface area (Å²) in [6, 6.07) is 5.65. The lowest BCUT2D eigenvalue weighted by Crippen LogP contribution is -2.07. The van der Waals surface area contributed by atoms with Gasteiger partial charge in [-0.25, -0.2) is 4.98 Å². The van der Waals surface area contributed by atoms with Crippen LogP contribution >= 0.6 is 15.9 Å². The molecule has 1 unspecified atom stereocenters. The van der Waals surface area contributed by atoms with Crippen molar-refractivity contribution in [3.05, 3.63) is 40.9 Å². The number of anilines is 2. The first-order valence-electron chi connectivity index (χ1n) is 4.88. The zero-order valence-corrected chi connectivity index (χ0v) is 10.4. The maximum atomic E-state index is 5.61. The number of hydrogen-bond acceptors (Lipinski definition) is 4. The SMILES string of the molecule is CC(Nc1ncc(N)cc1Br)c1ccco1. The van der Waals surface area contributed by atoms with Crippen LogP contribution in [0.3, 0.4) is 0 Å². The fraction of sp³-hybridized carbons (Fsp3) is 0.182. The molecule has 84 valence electrons. The van der Waals surface area contributed by atoms with Crippen molar-refractivity contribution in [3.8, 4) is 0 Å². The van der Waals surface area contributed by atoms with Crippen LogP contribution in [0.15, 0.2) is 39.5 Å².